The molecule has 1 aromatic heterocycles. The molecule has 5 nitrogen and oxygen atoms in total. The highest BCUT2D eigenvalue weighted by atomic mass is 16.5. The smallest absolute Gasteiger partial charge is 0.228 e. The molecule has 0 aliphatic rings. The molecule has 0 unspecified atom stereocenters. The van der Waals surface area contributed by atoms with E-state index in [4.69, 9.17) is 4.74 Å². The van der Waals surface area contributed by atoms with Gasteiger partial charge in [0, 0.05) is 11.9 Å². The topological polar surface area (TPSA) is 67.0 Å². The zero-order valence-corrected chi connectivity index (χ0v) is 12.7. The summed E-state index contributed by atoms with van der Waals surface area (Å²) < 4.78 is 5.16. The molecule has 0 saturated carbocycles. The Morgan fingerprint density at radius 1 is 1.17 bits per heavy atom. The Balaban J connectivity index is 1.63. The minimum atomic E-state index is -0.0625. The third-order valence-electron chi connectivity index (χ3n) is 3.48. The number of benzene rings is 2. The molecular weight excluding hydrogens is 290 g/mol. The number of amides is 1. The van der Waals surface area contributed by atoms with Crippen LogP contribution in [0.4, 0.5) is 5.69 Å². The summed E-state index contributed by atoms with van der Waals surface area (Å²) in [4.78, 5) is 12.1. The number of hydrogen-bond acceptors (Lipinski definition) is 3. The summed E-state index contributed by atoms with van der Waals surface area (Å²) in [7, 11) is 1.61. The molecule has 116 valence electrons. The van der Waals surface area contributed by atoms with Gasteiger partial charge in [0.15, 0.2) is 0 Å². The number of aromatic nitrogens is 2. The summed E-state index contributed by atoms with van der Waals surface area (Å²) in [5.41, 5.74) is 3.64. The van der Waals surface area contributed by atoms with Crippen molar-refractivity contribution in [2.24, 2.45) is 0 Å². The average molecular weight is 307 g/mol. The van der Waals surface area contributed by atoms with Crippen LogP contribution in [0.5, 0.6) is 5.75 Å². The van der Waals surface area contributed by atoms with Crippen LogP contribution in [0.1, 0.15) is 5.56 Å². The zero-order valence-electron chi connectivity index (χ0n) is 12.7. The van der Waals surface area contributed by atoms with Crippen molar-refractivity contribution in [1.82, 2.24) is 10.2 Å². The molecule has 0 spiro atoms. The summed E-state index contributed by atoms with van der Waals surface area (Å²) in [5.74, 6) is 0.687. The Labute approximate surface area is 134 Å². The average Bonchev–Trinajstić information content (AvgIpc) is 3.10. The predicted octanol–water partition coefficient (Wildman–Crippen LogP) is 3.27. The minimum absolute atomic E-state index is 0.0625. The van der Waals surface area contributed by atoms with E-state index in [0.29, 0.717) is 6.42 Å². The molecule has 3 rings (SSSR count). The maximum Gasteiger partial charge on any atom is 0.228 e. The summed E-state index contributed by atoms with van der Waals surface area (Å²) in [5, 5.41) is 9.73. The second-order valence-corrected chi connectivity index (χ2v) is 5.12. The molecule has 2 aromatic carbocycles. The van der Waals surface area contributed by atoms with E-state index in [1.54, 1.807) is 13.3 Å². The van der Waals surface area contributed by atoms with E-state index in [2.05, 4.69) is 15.5 Å². The lowest BCUT2D eigenvalue weighted by Gasteiger charge is -2.07. The fraction of sp³-hybridized carbons (Fsp3) is 0.111. The van der Waals surface area contributed by atoms with Gasteiger partial charge in [0.05, 0.1) is 19.2 Å². The predicted molar refractivity (Wildman–Crippen MR) is 89.4 cm³/mol. The molecule has 23 heavy (non-hydrogen) atoms. The van der Waals surface area contributed by atoms with Crippen LogP contribution in [-0.2, 0) is 11.2 Å². The molecule has 0 aliphatic carbocycles. The van der Waals surface area contributed by atoms with Crippen molar-refractivity contribution in [3.8, 4) is 17.0 Å². The van der Waals surface area contributed by atoms with Crippen LogP contribution >= 0.6 is 0 Å². The first-order valence-corrected chi connectivity index (χ1v) is 7.27. The lowest BCUT2D eigenvalue weighted by atomic mass is 10.1. The van der Waals surface area contributed by atoms with Gasteiger partial charge < -0.3 is 10.1 Å². The van der Waals surface area contributed by atoms with Crippen molar-refractivity contribution in [1.29, 1.82) is 0 Å². The van der Waals surface area contributed by atoms with Gasteiger partial charge >= 0.3 is 0 Å². The van der Waals surface area contributed by atoms with Crippen molar-refractivity contribution in [3.05, 3.63) is 66.4 Å². The molecule has 0 saturated heterocycles. The molecule has 0 radical (unpaired) electrons. The molecule has 1 heterocycles. The zero-order chi connectivity index (χ0) is 16.1. The highest BCUT2D eigenvalue weighted by Crippen LogP contribution is 2.19. The summed E-state index contributed by atoms with van der Waals surface area (Å²) >= 11 is 0. The number of ether oxygens (including phenoxy) is 1. The van der Waals surface area contributed by atoms with Gasteiger partial charge in [0.25, 0.3) is 0 Å². The van der Waals surface area contributed by atoms with Crippen molar-refractivity contribution >= 4 is 11.6 Å². The number of carbonyl (C=O) groups is 1. The first kappa shape index (κ1) is 14.8. The van der Waals surface area contributed by atoms with E-state index in [1.165, 1.54) is 0 Å². The van der Waals surface area contributed by atoms with Gasteiger partial charge in [-0.25, -0.2) is 0 Å². The maximum absolute atomic E-state index is 12.1. The van der Waals surface area contributed by atoms with Crippen molar-refractivity contribution in [2.75, 3.05) is 12.4 Å². The lowest BCUT2D eigenvalue weighted by Crippen LogP contribution is -2.14. The second kappa shape index (κ2) is 6.79. The highest BCUT2D eigenvalue weighted by molar-refractivity contribution is 5.92. The highest BCUT2D eigenvalue weighted by Gasteiger charge is 2.06. The fourth-order valence-electron chi connectivity index (χ4n) is 2.32. The van der Waals surface area contributed by atoms with E-state index in [0.717, 1.165) is 28.3 Å². The number of H-pyrrole nitrogens is 1. The Bertz CT molecular complexity index is 780. The number of carbonyl (C=O) groups excluding carboxylic acids is 1. The van der Waals surface area contributed by atoms with Crippen LogP contribution in [0.2, 0.25) is 0 Å². The van der Waals surface area contributed by atoms with Crippen LogP contribution in [0, 0.1) is 0 Å². The van der Waals surface area contributed by atoms with Crippen LogP contribution in [-0.4, -0.2) is 23.2 Å². The van der Waals surface area contributed by atoms with Gasteiger partial charge in [0.1, 0.15) is 5.75 Å². The normalized spacial score (nSPS) is 10.3. The molecule has 0 bridgehead atoms. The summed E-state index contributed by atoms with van der Waals surface area (Å²) in [6.07, 6.45) is 2.01. The number of aromatic amines is 1. The Kier molecular flexibility index (Phi) is 4.38. The number of nitrogens with one attached hydrogen (secondary N) is 2. The van der Waals surface area contributed by atoms with E-state index in [-0.39, 0.29) is 5.91 Å². The van der Waals surface area contributed by atoms with Crippen LogP contribution in [0.15, 0.2) is 60.8 Å². The largest absolute Gasteiger partial charge is 0.497 e. The number of nitrogens with zero attached hydrogens (tertiary/aromatic N) is 1. The van der Waals surface area contributed by atoms with Crippen LogP contribution in [0.3, 0.4) is 0 Å². The Morgan fingerprint density at radius 2 is 2.00 bits per heavy atom. The molecule has 0 atom stereocenters. The summed E-state index contributed by atoms with van der Waals surface area (Å²) in [6.45, 7) is 0. The van der Waals surface area contributed by atoms with E-state index >= 15 is 0 Å². The number of anilines is 1. The first-order valence-electron chi connectivity index (χ1n) is 7.27. The first-order chi connectivity index (χ1) is 11.2. The van der Waals surface area contributed by atoms with Gasteiger partial charge in [-0.1, -0.05) is 24.3 Å². The van der Waals surface area contributed by atoms with Gasteiger partial charge in [-0.3, -0.25) is 9.89 Å². The Hall–Kier alpha value is -3.08. The number of rotatable bonds is 5. The van der Waals surface area contributed by atoms with Crippen molar-refractivity contribution in [2.45, 2.75) is 6.42 Å². The second-order valence-electron chi connectivity index (χ2n) is 5.12. The molecule has 5 heteroatoms. The van der Waals surface area contributed by atoms with Crippen molar-refractivity contribution in [3.63, 3.8) is 0 Å². The summed E-state index contributed by atoms with van der Waals surface area (Å²) in [6, 6.07) is 17.0. The third-order valence-corrected chi connectivity index (χ3v) is 3.48. The van der Waals surface area contributed by atoms with Gasteiger partial charge in [-0.05, 0) is 41.5 Å². The monoisotopic (exact) mass is 307 g/mol. The van der Waals surface area contributed by atoms with Crippen LogP contribution < -0.4 is 10.1 Å². The van der Waals surface area contributed by atoms with Gasteiger partial charge in [-0.2, -0.15) is 5.10 Å². The molecule has 3 aromatic rings. The standard InChI is InChI=1S/C18H17N3O2/c1-23-16-4-2-3-13(11-16)12-18(22)20-15-7-5-14(6-8-15)17-9-10-19-21-17/h2-11H,12H2,1H3,(H,19,21)(H,20,22). The molecule has 1 amide bonds. The molecular formula is C18H17N3O2. The Morgan fingerprint density at radius 3 is 2.70 bits per heavy atom. The number of hydrogen-bond donors (Lipinski definition) is 2. The fourth-order valence-corrected chi connectivity index (χ4v) is 2.32. The van der Waals surface area contributed by atoms with E-state index < -0.39 is 0 Å². The maximum atomic E-state index is 12.1. The van der Waals surface area contributed by atoms with Gasteiger partial charge in [-0.15, -0.1) is 0 Å². The molecule has 0 fully saturated rings. The van der Waals surface area contributed by atoms with Gasteiger partial charge in [0.2, 0.25) is 5.91 Å². The van der Waals surface area contributed by atoms with E-state index in [1.807, 2.05) is 54.6 Å². The quantitative estimate of drug-likeness (QED) is 0.760. The van der Waals surface area contributed by atoms with Crippen molar-refractivity contribution < 1.29 is 9.53 Å². The number of methoxy groups -OCH3 is 1. The lowest BCUT2D eigenvalue weighted by molar-refractivity contribution is -0.115. The SMILES string of the molecule is COc1cccc(CC(=O)Nc2ccc(-c3ccn[nH]3)cc2)c1. The minimum Gasteiger partial charge on any atom is -0.497 e. The molecule has 0 aliphatic heterocycles. The van der Waals surface area contributed by atoms with Crippen LogP contribution in [0.25, 0.3) is 11.3 Å². The van der Waals surface area contributed by atoms with E-state index in [9.17, 15) is 4.79 Å². The third kappa shape index (κ3) is 3.77. The molecule has 2 N–H and O–H groups in total.